The number of amides is 4. The second-order valence-corrected chi connectivity index (χ2v) is 14.2. The van der Waals surface area contributed by atoms with Crippen molar-refractivity contribution in [3.05, 3.63) is 64.7 Å². The monoisotopic (exact) mass is 672 g/mol. The van der Waals surface area contributed by atoms with Gasteiger partial charge in [0, 0.05) is 70.0 Å². The Morgan fingerprint density at radius 1 is 0.796 bits per heavy atom. The van der Waals surface area contributed by atoms with Crippen LogP contribution >= 0.6 is 0 Å². The lowest BCUT2D eigenvalue weighted by atomic mass is 9.97. The molecule has 1 atom stereocenters. The van der Waals surface area contributed by atoms with Gasteiger partial charge in [0.05, 0.1) is 0 Å². The number of aryl methyl sites for hydroxylation is 2. The molecule has 10 nitrogen and oxygen atoms in total. The summed E-state index contributed by atoms with van der Waals surface area (Å²) in [4.78, 5) is 51.6. The molecule has 4 aliphatic heterocycles. The van der Waals surface area contributed by atoms with E-state index in [1.54, 1.807) is 4.90 Å². The maximum atomic E-state index is 14.1. The Morgan fingerprint density at radius 3 is 2.18 bits per heavy atom. The van der Waals surface area contributed by atoms with E-state index in [1.165, 1.54) is 24.0 Å². The lowest BCUT2D eigenvalue weighted by molar-refractivity contribution is -0.143. The van der Waals surface area contributed by atoms with Crippen molar-refractivity contribution < 1.29 is 19.1 Å². The average Bonchev–Trinajstić information content (AvgIpc) is 3.32. The number of benzene rings is 2. The molecule has 4 aliphatic rings. The fourth-order valence-electron chi connectivity index (χ4n) is 8.28. The summed E-state index contributed by atoms with van der Waals surface area (Å²) >= 11 is 0. The third kappa shape index (κ3) is 8.40. The Morgan fingerprint density at radius 2 is 1.49 bits per heavy atom. The number of carbonyl (C=O) groups excluding carboxylic acids is 3. The van der Waals surface area contributed by atoms with E-state index >= 15 is 0 Å². The van der Waals surface area contributed by atoms with E-state index in [9.17, 15) is 14.4 Å². The third-order valence-electron chi connectivity index (χ3n) is 11.4. The number of nitrogens with zero attached hydrogens (tertiary/aromatic N) is 5. The molecule has 0 radical (unpaired) electrons. The van der Waals surface area contributed by atoms with Crippen molar-refractivity contribution in [2.75, 3.05) is 70.8 Å². The SMILES string of the molecule is CCc1ccc(C[C@@H](OC(=O)N2CCC(N3CCc4ccccc4NC3=O)CC2)C(=O)N2CCN(C3CCN(CC)CC3)CC2)cc1CC. The molecule has 4 heterocycles. The van der Waals surface area contributed by atoms with Crippen LogP contribution in [0.3, 0.4) is 0 Å². The van der Waals surface area contributed by atoms with E-state index in [-0.39, 0.29) is 18.0 Å². The van der Waals surface area contributed by atoms with E-state index in [0.717, 1.165) is 68.8 Å². The number of para-hydroxylation sites is 1. The number of fused-ring (bicyclic) bond motifs is 1. The minimum Gasteiger partial charge on any atom is -0.436 e. The molecular formula is C39H56N6O4. The highest BCUT2D eigenvalue weighted by Crippen LogP contribution is 2.26. The van der Waals surface area contributed by atoms with Gasteiger partial charge in [0.2, 0.25) is 0 Å². The first-order valence-corrected chi connectivity index (χ1v) is 18.8. The second kappa shape index (κ2) is 16.4. The predicted octanol–water partition coefficient (Wildman–Crippen LogP) is 5.04. The fraction of sp³-hybridized carbons (Fsp3) is 0.615. The first-order chi connectivity index (χ1) is 23.9. The van der Waals surface area contributed by atoms with Crippen LogP contribution in [-0.4, -0.2) is 126 Å². The van der Waals surface area contributed by atoms with Crippen LogP contribution in [0.15, 0.2) is 42.5 Å². The number of hydrogen-bond donors (Lipinski definition) is 1. The van der Waals surface area contributed by atoms with Crippen LogP contribution in [0.1, 0.15) is 68.7 Å². The van der Waals surface area contributed by atoms with Gasteiger partial charge in [0.15, 0.2) is 6.10 Å². The molecule has 49 heavy (non-hydrogen) atoms. The Labute approximate surface area is 292 Å². The maximum absolute atomic E-state index is 14.1. The van der Waals surface area contributed by atoms with E-state index in [0.29, 0.717) is 58.0 Å². The summed E-state index contributed by atoms with van der Waals surface area (Å²) in [7, 11) is 0. The van der Waals surface area contributed by atoms with Gasteiger partial charge in [0.1, 0.15) is 0 Å². The van der Waals surface area contributed by atoms with E-state index in [1.807, 2.05) is 28.0 Å². The first kappa shape index (κ1) is 35.2. The Bertz CT molecular complexity index is 1440. The zero-order valence-corrected chi connectivity index (χ0v) is 29.9. The molecule has 0 saturated carbocycles. The predicted molar refractivity (Wildman–Crippen MR) is 193 cm³/mol. The minimum absolute atomic E-state index is 0.0471. The number of rotatable bonds is 9. The largest absolute Gasteiger partial charge is 0.436 e. The van der Waals surface area contributed by atoms with Gasteiger partial charge in [-0.25, -0.2) is 9.59 Å². The molecule has 266 valence electrons. The first-order valence-electron chi connectivity index (χ1n) is 18.8. The van der Waals surface area contributed by atoms with Crippen molar-refractivity contribution in [2.24, 2.45) is 0 Å². The topological polar surface area (TPSA) is 88.7 Å². The van der Waals surface area contributed by atoms with Gasteiger partial charge in [-0.2, -0.15) is 0 Å². The molecule has 1 N–H and O–H groups in total. The van der Waals surface area contributed by atoms with Gasteiger partial charge in [-0.05, 0) is 92.9 Å². The Hall–Kier alpha value is -3.63. The Balaban J connectivity index is 1.08. The summed E-state index contributed by atoms with van der Waals surface area (Å²) in [5.74, 6) is -0.0953. The molecule has 0 unspecified atom stereocenters. The van der Waals surface area contributed by atoms with Crippen molar-refractivity contribution >= 4 is 23.7 Å². The molecule has 4 amide bonds. The lowest BCUT2D eigenvalue weighted by Gasteiger charge is -2.43. The van der Waals surface area contributed by atoms with Crippen LogP contribution in [0.2, 0.25) is 0 Å². The number of hydrogen-bond acceptors (Lipinski definition) is 6. The van der Waals surface area contributed by atoms with E-state index in [2.05, 4.69) is 60.2 Å². The van der Waals surface area contributed by atoms with Crippen molar-refractivity contribution in [1.82, 2.24) is 24.5 Å². The Kier molecular flexibility index (Phi) is 11.8. The van der Waals surface area contributed by atoms with Gasteiger partial charge in [0.25, 0.3) is 5.91 Å². The highest BCUT2D eigenvalue weighted by atomic mass is 16.6. The van der Waals surface area contributed by atoms with Crippen LogP contribution in [0.5, 0.6) is 0 Å². The number of urea groups is 1. The molecule has 2 aromatic carbocycles. The molecule has 2 aromatic rings. The molecule has 0 aromatic heterocycles. The molecule has 3 fully saturated rings. The van der Waals surface area contributed by atoms with Crippen molar-refractivity contribution in [3.63, 3.8) is 0 Å². The number of carbonyl (C=O) groups is 3. The normalized spacial score (nSPS) is 20.8. The van der Waals surface area contributed by atoms with Crippen LogP contribution in [-0.2, 0) is 35.2 Å². The second-order valence-electron chi connectivity index (χ2n) is 14.2. The smallest absolute Gasteiger partial charge is 0.410 e. The molecule has 0 aliphatic carbocycles. The lowest BCUT2D eigenvalue weighted by Crippen LogP contribution is -2.56. The summed E-state index contributed by atoms with van der Waals surface area (Å²) in [5, 5.41) is 3.07. The number of piperidine rings is 2. The minimum atomic E-state index is -0.878. The van der Waals surface area contributed by atoms with Gasteiger partial charge >= 0.3 is 12.1 Å². The standard InChI is InChI=1S/C39H56N6O4/c1-4-30-12-11-29(27-31(30)5-2)28-36(37(46)43-25-23-42(24-26-43)33-14-18-41(6-3)19-15-33)49-39(48)44-20-16-34(17-21-44)45-22-13-32-9-7-8-10-35(32)40-38(45)47/h7-12,27,33-34,36H,4-6,13-26,28H2,1-3H3,(H,40,47)/t36-/m1/s1. The quantitative estimate of drug-likeness (QED) is 0.402. The number of ether oxygens (including phenoxy) is 1. The van der Waals surface area contributed by atoms with Crippen LogP contribution in [0.25, 0.3) is 0 Å². The van der Waals surface area contributed by atoms with Gasteiger partial charge in [-0.3, -0.25) is 9.69 Å². The van der Waals surface area contributed by atoms with Crippen LogP contribution < -0.4 is 5.32 Å². The van der Waals surface area contributed by atoms with Gasteiger partial charge in [-0.1, -0.05) is 57.2 Å². The number of piperazine rings is 1. The zero-order chi connectivity index (χ0) is 34.3. The van der Waals surface area contributed by atoms with Crippen molar-refractivity contribution in [3.8, 4) is 0 Å². The van der Waals surface area contributed by atoms with Gasteiger partial charge in [-0.15, -0.1) is 0 Å². The summed E-state index contributed by atoms with van der Waals surface area (Å²) in [6.07, 6.45) is 5.45. The maximum Gasteiger partial charge on any atom is 0.410 e. The average molecular weight is 673 g/mol. The van der Waals surface area contributed by atoms with Gasteiger partial charge < -0.3 is 29.7 Å². The zero-order valence-electron chi connectivity index (χ0n) is 29.9. The fourth-order valence-corrected chi connectivity index (χ4v) is 8.28. The highest BCUT2D eigenvalue weighted by molar-refractivity contribution is 5.91. The molecular weight excluding hydrogens is 616 g/mol. The highest BCUT2D eigenvalue weighted by Gasteiger charge is 2.36. The van der Waals surface area contributed by atoms with Crippen LogP contribution in [0, 0.1) is 0 Å². The number of anilines is 1. The number of likely N-dealkylation sites (tertiary alicyclic amines) is 2. The van der Waals surface area contributed by atoms with Crippen molar-refractivity contribution in [2.45, 2.75) is 90.3 Å². The number of nitrogens with one attached hydrogen (secondary N) is 1. The summed E-state index contributed by atoms with van der Waals surface area (Å²) in [5.41, 5.74) is 5.64. The molecule has 0 spiro atoms. The third-order valence-corrected chi connectivity index (χ3v) is 11.4. The molecule has 10 heteroatoms. The summed E-state index contributed by atoms with van der Waals surface area (Å²) in [6.45, 7) is 14.6. The molecule has 0 bridgehead atoms. The molecule has 3 saturated heterocycles. The van der Waals surface area contributed by atoms with Crippen LogP contribution in [0.4, 0.5) is 15.3 Å². The summed E-state index contributed by atoms with van der Waals surface area (Å²) in [6, 6.07) is 14.9. The van der Waals surface area contributed by atoms with E-state index in [4.69, 9.17) is 4.74 Å². The molecule has 6 rings (SSSR count). The van der Waals surface area contributed by atoms with E-state index < -0.39 is 12.2 Å². The summed E-state index contributed by atoms with van der Waals surface area (Å²) < 4.78 is 6.15. The van der Waals surface area contributed by atoms with Crippen molar-refractivity contribution in [1.29, 1.82) is 0 Å².